The highest BCUT2D eigenvalue weighted by Gasteiger charge is 2.13. The molecule has 1 fully saturated rings. The molecule has 16 heavy (non-hydrogen) atoms. The van der Waals surface area contributed by atoms with Gasteiger partial charge < -0.3 is 15.1 Å². The maximum Gasteiger partial charge on any atom is 0.166 e. The van der Waals surface area contributed by atoms with Crippen LogP contribution in [0.4, 0.5) is 0 Å². The fourth-order valence-corrected chi connectivity index (χ4v) is 2.30. The van der Waals surface area contributed by atoms with Crippen LogP contribution >= 0.6 is 12.2 Å². The lowest BCUT2D eigenvalue weighted by Crippen LogP contribution is -2.42. The molecule has 0 radical (unpaired) electrons. The number of furan rings is 1. The number of thiocarbonyl (C=S) groups is 1. The van der Waals surface area contributed by atoms with Crippen LogP contribution in [0, 0.1) is 0 Å². The first kappa shape index (κ1) is 11.5. The van der Waals surface area contributed by atoms with Gasteiger partial charge in [0.05, 0.1) is 12.5 Å². The van der Waals surface area contributed by atoms with Crippen LogP contribution in [0.25, 0.3) is 0 Å². The van der Waals surface area contributed by atoms with Crippen LogP contribution in [0.5, 0.6) is 0 Å². The van der Waals surface area contributed by atoms with Crippen molar-refractivity contribution in [2.45, 2.75) is 44.7 Å². The van der Waals surface area contributed by atoms with Crippen molar-refractivity contribution in [2.75, 3.05) is 0 Å². The largest absolute Gasteiger partial charge is 0.472 e. The number of rotatable bonds is 3. The molecule has 3 nitrogen and oxygen atoms in total. The van der Waals surface area contributed by atoms with Crippen molar-refractivity contribution in [3.63, 3.8) is 0 Å². The lowest BCUT2D eigenvalue weighted by atomic mass is 9.96. The summed E-state index contributed by atoms with van der Waals surface area (Å²) in [7, 11) is 0. The Balaban J connectivity index is 1.67. The summed E-state index contributed by atoms with van der Waals surface area (Å²) in [6, 6.07) is 2.51. The van der Waals surface area contributed by atoms with Gasteiger partial charge in [-0.2, -0.15) is 0 Å². The molecule has 88 valence electrons. The van der Waals surface area contributed by atoms with E-state index in [2.05, 4.69) is 10.6 Å². The molecule has 1 aliphatic carbocycles. The Bertz CT molecular complexity index is 318. The molecule has 0 aromatic carbocycles. The highest BCUT2D eigenvalue weighted by molar-refractivity contribution is 7.80. The van der Waals surface area contributed by atoms with Gasteiger partial charge in [0.15, 0.2) is 5.11 Å². The van der Waals surface area contributed by atoms with E-state index in [1.807, 2.05) is 6.07 Å². The second-order valence-electron chi connectivity index (χ2n) is 4.29. The van der Waals surface area contributed by atoms with E-state index < -0.39 is 0 Å². The second kappa shape index (κ2) is 5.89. The lowest BCUT2D eigenvalue weighted by molar-refractivity contribution is 0.412. The summed E-state index contributed by atoms with van der Waals surface area (Å²) < 4.78 is 4.99. The van der Waals surface area contributed by atoms with E-state index in [1.165, 1.54) is 32.1 Å². The van der Waals surface area contributed by atoms with Crippen LogP contribution in [-0.4, -0.2) is 11.2 Å². The van der Waals surface area contributed by atoms with Crippen molar-refractivity contribution in [1.29, 1.82) is 0 Å². The van der Waals surface area contributed by atoms with E-state index in [0.29, 0.717) is 6.04 Å². The molecular formula is C12H18N2OS. The molecule has 0 bridgehead atoms. The van der Waals surface area contributed by atoms with Gasteiger partial charge in [-0.3, -0.25) is 0 Å². The van der Waals surface area contributed by atoms with Crippen LogP contribution in [0.2, 0.25) is 0 Å². The van der Waals surface area contributed by atoms with Crippen LogP contribution in [0.1, 0.15) is 37.7 Å². The number of nitrogens with one attached hydrogen (secondary N) is 2. The predicted octanol–water partition coefficient (Wildman–Crippen LogP) is 2.58. The van der Waals surface area contributed by atoms with Gasteiger partial charge in [0.2, 0.25) is 0 Å². The normalized spacial score (nSPS) is 17.0. The van der Waals surface area contributed by atoms with Gasteiger partial charge in [-0.15, -0.1) is 0 Å². The van der Waals surface area contributed by atoms with Gasteiger partial charge in [0.25, 0.3) is 0 Å². The van der Waals surface area contributed by atoms with E-state index in [9.17, 15) is 0 Å². The molecule has 2 rings (SSSR count). The summed E-state index contributed by atoms with van der Waals surface area (Å²) in [4.78, 5) is 0. The molecule has 1 heterocycles. The number of hydrogen-bond donors (Lipinski definition) is 2. The van der Waals surface area contributed by atoms with Gasteiger partial charge in [-0.1, -0.05) is 19.3 Å². The smallest absolute Gasteiger partial charge is 0.166 e. The van der Waals surface area contributed by atoms with E-state index in [4.69, 9.17) is 16.6 Å². The van der Waals surface area contributed by atoms with Gasteiger partial charge in [0, 0.05) is 18.2 Å². The first-order valence-electron chi connectivity index (χ1n) is 5.90. The first-order valence-corrected chi connectivity index (χ1v) is 6.31. The van der Waals surface area contributed by atoms with E-state index in [0.717, 1.165) is 17.2 Å². The van der Waals surface area contributed by atoms with Crippen LogP contribution in [-0.2, 0) is 6.54 Å². The highest BCUT2D eigenvalue weighted by atomic mass is 32.1. The van der Waals surface area contributed by atoms with Gasteiger partial charge in [-0.05, 0) is 31.1 Å². The zero-order valence-corrected chi connectivity index (χ0v) is 10.2. The fourth-order valence-electron chi connectivity index (χ4n) is 2.06. The Morgan fingerprint density at radius 3 is 2.88 bits per heavy atom. The molecule has 0 spiro atoms. The van der Waals surface area contributed by atoms with Crippen LogP contribution < -0.4 is 10.6 Å². The molecule has 1 aromatic rings. The fraction of sp³-hybridized carbons (Fsp3) is 0.583. The Morgan fingerprint density at radius 2 is 2.19 bits per heavy atom. The molecule has 1 aromatic heterocycles. The quantitative estimate of drug-likeness (QED) is 0.794. The molecule has 0 atom stereocenters. The molecule has 1 saturated carbocycles. The molecule has 2 N–H and O–H groups in total. The lowest BCUT2D eigenvalue weighted by Gasteiger charge is -2.24. The summed E-state index contributed by atoms with van der Waals surface area (Å²) in [6.45, 7) is 0.731. The third-order valence-electron chi connectivity index (χ3n) is 2.97. The zero-order valence-electron chi connectivity index (χ0n) is 9.37. The Labute approximate surface area is 102 Å². The summed E-state index contributed by atoms with van der Waals surface area (Å²) in [6.07, 6.45) is 9.91. The van der Waals surface area contributed by atoms with Crippen LogP contribution in [0.15, 0.2) is 23.0 Å². The molecular weight excluding hydrogens is 220 g/mol. The monoisotopic (exact) mass is 238 g/mol. The van der Waals surface area contributed by atoms with Gasteiger partial charge in [-0.25, -0.2) is 0 Å². The van der Waals surface area contributed by atoms with Crippen LogP contribution in [0.3, 0.4) is 0 Å². The van der Waals surface area contributed by atoms with E-state index >= 15 is 0 Å². The maximum atomic E-state index is 5.26. The Hall–Kier alpha value is -1.03. The molecule has 0 amide bonds. The molecule has 1 aliphatic rings. The minimum absolute atomic E-state index is 0.568. The third-order valence-corrected chi connectivity index (χ3v) is 3.24. The summed E-state index contributed by atoms with van der Waals surface area (Å²) in [5.41, 5.74) is 1.12. The second-order valence-corrected chi connectivity index (χ2v) is 4.70. The highest BCUT2D eigenvalue weighted by Crippen LogP contribution is 2.17. The standard InChI is InChI=1S/C12H18N2OS/c16-12(13-8-10-6-7-15-9-10)14-11-4-2-1-3-5-11/h6-7,9,11H,1-5,8H2,(H2,13,14,16). The predicted molar refractivity (Wildman–Crippen MR) is 68.2 cm³/mol. The van der Waals surface area contributed by atoms with Crippen molar-refractivity contribution >= 4 is 17.3 Å². The van der Waals surface area contributed by atoms with Gasteiger partial charge >= 0.3 is 0 Å². The Kier molecular flexibility index (Phi) is 4.22. The number of hydrogen-bond acceptors (Lipinski definition) is 2. The topological polar surface area (TPSA) is 37.2 Å². The minimum atomic E-state index is 0.568. The van der Waals surface area contributed by atoms with E-state index in [-0.39, 0.29) is 0 Å². The van der Waals surface area contributed by atoms with Crippen molar-refractivity contribution < 1.29 is 4.42 Å². The molecule has 0 saturated heterocycles. The third kappa shape index (κ3) is 3.52. The summed E-state index contributed by atoms with van der Waals surface area (Å²) in [5, 5.41) is 7.32. The average molecular weight is 238 g/mol. The molecule has 0 aliphatic heterocycles. The zero-order chi connectivity index (χ0) is 11.2. The van der Waals surface area contributed by atoms with Crippen molar-refractivity contribution in [2.24, 2.45) is 0 Å². The Morgan fingerprint density at radius 1 is 1.38 bits per heavy atom. The van der Waals surface area contributed by atoms with Crippen molar-refractivity contribution in [3.05, 3.63) is 24.2 Å². The van der Waals surface area contributed by atoms with Crippen molar-refractivity contribution in [1.82, 2.24) is 10.6 Å². The first-order chi connectivity index (χ1) is 7.84. The molecule has 4 heteroatoms. The average Bonchev–Trinajstić information content (AvgIpc) is 2.81. The van der Waals surface area contributed by atoms with Gasteiger partial charge in [0.1, 0.15) is 0 Å². The summed E-state index contributed by atoms with van der Waals surface area (Å²) in [5.74, 6) is 0. The minimum Gasteiger partial charge on any atom is -0.472 e. The summed E-state index contributed by atoms with van der Waals surface area (Å²) >= 11 is 5.26. The molecule has 0 unspecified atom stereocenters. The SMILES string of the molecule is S=C(NCc1ccoc1)NC1CCCCC1. The van der Waals surface area contributed by atoms with E-state index in [1.54, 1.807) is 12.5 Å². The maximum absolute atomic E-state index is 5.26. The van der Waals surface area contributed by atoms with Crippen molar-refractivity contribution in [3.8, 4) is 0 Å².